The van der Waals surface area contributed by atoms with Gasteiger partial charge in [-0.15, -0.1) is 0 Å². The van der Waals surface area contributed by atoms with Gasteiger partial charge in [-0.3, -0.25) is 9.59 Å². The van der Waals surface area contributed by atoms with Crippen molar-refractivity contribution >= 4 is 29.6 Å². The second-order valence-corrected chi connectivity index (χ2v) is 16.9. The van der Waals surface area contributed by atoms with Gasteiger partial charge in [-0.2, -0.15) is 0 Å². The molecular weight excluding hydrogens is 915 g/mol. The molecule has 0 spiro atoms. The van der Waals surface area contributed by atoms with E-state index in [2.05, 4.69) is 0 Å². The number of hydrogen-bond acceptors (Lipinski definition) is 20. The molecule has 4 aromatic rings. The van der Waals surface area contributed by atoms with E-state index in [-0.39, 0.29) is 34.6 Å². The van der Waals surface area contributed by atoms with Crippen LogP contribution in [0.2, 0.25) is 0 Å². The first-order valence-electron chi connectivity index (χ1n) is 21.3. The van der Waals surface area contributed by atoms with Gasteiger partial charge in [-0.1, -0.05) is 36.4 Å². The molecule has 2 saturated heterocycles. The first-order chi connectivity index (χ1) is 32.7. The number of benzene rings is 4. The van der Waals surface area contributed by atoms with E-state index in [0.29, 0.717) is 5.56 Å². The molecule has 1 amide bonds. The highest BCUT2D eigenvalue weighted by molar-refractivity contribution is 6.31. The first kappa shape index (κ1) is 48.7. The second-order valence-electron chi connectivity index (χ2n) is 16.9. The number of amides is 1. The van der Waals surface area contributed by atoms with Crippen LogP contribution in [0.1, 0.15) is 83.6 Å². The summed E-state index contributed by atoms with van der Waals surface area (Å²) in [5.74, 6) is -7.39. The molecular formula is C47H47NO21. The van der Waals surface area contributed by atoms with E-state index in [9.17, 15) is 69.9 Å². The maximum atomic E-state index is 14.2. The van der Waals surface area contributed by atoms with Crippen LogP contribution in [0.25, 0.3) is 11.1 Å². The Morgan fingerprint density at radius 2 is 1.45 bits per heavy atom. The molecule has 2 aliphatic carbocycles. The Hall–Kier alpha value is -6.73. The predicted octanol–water partition coefficient (Wildman–Crippen LogP) is 1.48. The molecule has 0 aromatic heterocycles. The number of likely N-dealkylation sites (N-methyl/N-ethyl adjacent to an activating group) is 1. The third kappa shape index (κ3) is 8.59. The number of phenolic OH excluding ortho intramolecular Hbond substituents is 3. The maximum absolute atomic E-state index is 14.2. The molecule has 0 unspecified atom stereocenters. The molecule has 69 heavy (non-hydrogen) atoms. The van der Waals surface area contributed by atoms with E-state index in [1.165, 1.54) is 34.1 Å². The van der Waals surface area contributed by atoms with Crippen LogP contribution >= 0.6 is 0 Å². The summed E-state index contributed by atoms with van der Waals surface area (Å²) in [6.45, 7) is 0.983. The van der Waals surface area contributed by atoms with Gasteiger partial charge in [0, 0.05) is 35.4 Å². The lowest BCUT2D eigenvalue weighted by Gasteiger charge is -2.49. The van der Waals surface area contributed by atoms with Gasteiger partial charge in [-0.05, 0) is 48.2 Å². The lowest BCUT2D eigenvalue weighted by molar-refractivity contribution is -0.344. The summed E-state index contributed by atoms with van der Waals surface area (Å²) in [5.41, 5.74) is -3.51. The van der Waals surface area contributed by atoms with E-state index >= 15 is 0 Å². The van der Waals surface area contributed by atoms with Crippen LogP contribution in [0, 0.1) is 6.92 Å². The number of phenols is 3. The smallest absolute Gasteiger partial charge is 0.410 e. The van der Waals surface area contributed by atoms with Gasteiger partial charge in [0.15, 0.2) is 30.8 Å². The van der Waals surface area contributed by atoms with Gasteiger partial charge >= 0.3 is 18.0 Å². The number of rotatable bonds is 11. The fourth-order valence-corrected chi connectivity index (χ4v) is 9.20. The van der Waals surface area contributed by atoms with Crippen LogP contribution in [0.3, 0.4) is 0 Å². The summed E-state index contributed by atoms with van der Waals surface area (Å²) in [5, 5.41) is 100. The number of ketones is 2. The third-order valence-corrected chi connectivity index (χ3v) is 12.6. The summed E-state index contributed by atoms with van der Waals surface area (Å²) in [4.78, 5) is 67.7. The summed E-state index contributed by atoms with van der Waals surface area (Å²) in [6, 6.07) is 11.9. The Kier molecular flexibility index (Phi) is 13.4. The zero-order chi connectivity index (χ0) is 49.9. The number of hydrogen-bond donors (Lipinski definition) is 9. The number of fused-ring (bicyclic) bond motifs is 5. The number of aromatic hydroxyl groups is 3. The van der Waals surface area contributed by atoms with Crippen molar-refractivity contribution in [3.05, 3.63) is 105 Å². The fourth-order valence-electron chi connectivity index (χ4n) is 9.20. The van der Waals surface area contributed by atoms with Gasteiger partial charge in [-0.25, -0.2) is 14.4 Å². The highest BCUT2D eigenvalue weighted by Crippen LogP contribution is 2.57. The average Bonchev–Trinajstić information content (AvgIpc) is 3.31. The van der Waals surface area contributed by atoms with Crippen molar-refractivity contribution < 1.29 is 103 Å². The molecule has 0 radical (unpaired) electrons. The van der Waals surface area contributed by atoms with E-state index in [1.807, 2.05) is 0 Å². The lowest BCUT2D eigenvalue weighted by atomic mass is 9.74. The predicted molar refractivity (Wildman–Crippen MR) is 229 cm³/mol. The quantitative estimate of drug-likeness (QED) is 0.0847. The van der Waals surface area contributed by atoms with Crippen LogP contribution in [0.5, 0.6) is 23.0 Å². The molecule has 2 heterocycles. The second kappa shape index (κ2) is 19.0. The molecule has 9 N–H and O–H groups in total. The topological polar surface area (TPSA) is 335 Å². The van der Waals surface area contributed by atoms with Crippen molar-refractivity contribution in [2.45, 2.75) is 87.9 Å². The minimum absolute atomic E-state index is 0.0134. The minimum atomic E-state index is -2.01. The van der Waals surface area contributed by atoms with E-state index in [0.717, 1.165) is 23.1 Å². The largest absolute Gasteiger partial charge is 0.507 e. The number of aryl methyl sites for hydroxylation is 1. The van der Waals surface area contributed by atoms with Crippen LogP contribution in [-0.4, -0.2) is 163 Å². The number of carbonyl (C=O) groups is 5. The van der Waals surface area contributed by atoms with Crippen LogP contribution in [0.15, 0.2) is 54.6 Å². The van der Waals surface area contributed by atoms with Crippen molar-refractivity contribution in [3.8, 4) is 34.1 Å². The Morgan fingerprint density at radius 1 is 0.783 bits per heavy atom. The number of ether oxygens (including phenoxy) is 7. The maximum Gasteiger partial charge on any atom is 0.410 e. The number of carbonyl (C=O) groups excluding carboxylic acids is 4. The number of aliphatic hydroxyl groups excluding tert-OH is 5. The van der Waals surface area contributed by atoms with Gasteiger partial charge in [0.25, 0.3) is 0 Å². The van der Waals surface area contributed by atoms with Gasteiger partial charge in [0.2, 0.25) is 0 Å². The average molecular weight is 962 g/mol. The van der Waals surface area contributed by atoms with Gasteiger partial charge in [0.05, 0.1) is 37.0 Å². The highest BCUT2D eigenvalue weighted by Gasteiger charge is 2.53. The summed E-state index contributed by atoms with van der Waals surface area (Å²) >= 11 is 0. The number of nitrogens with zero attached hydrogens (tertiary/aromatic N) is 1. The normalized spacial score (nSPS) is 27.0. The van der Waals surface area contributed by atoms with Crippen LogP contribution in [0.4, 0.5) is 4.79 Å². The molecule has 8 rings (SSSR count). The minimum Gasteiger partial charge on any atom is -0.507 e. The monoisotopic (exact) mass is 961 g/mol. The molecule has 22 nitrogen and oxygen atoms in total. The van der Waals surface area contributed by atoms with Gasteiger partial charge in [0.1, 0.15) is 77.9 Å². The fraction of sp³-hybridized carbons (Fsp3) is 0.383. The number of methoxy groups -OCH3 is 1. The Balaban J connectivity index is 1.22. The lowest BCUT2D eigenvalue weighted by Crippen LogP contribution is -2.66. The summed E-state index contributed by atoms with van der Waals surface area (Å²) in [7, 11) is 2.56. The third-order valence-electron chi connectivity index (χ3n) is 12.6. The number of carboxylic acids is 1. The zero-order valence-electron chi connectivity index (χ0n) is 37.0. The standard InChI is InChI=1S/C47H47NO21/c1-17-10-24-31(38(57)28(17)44(61)64-16-27(51)52)30-22(13-23-32(39(30)58)35(54)21-11-20(63-4)12-25(49)29(21)34(23)53)36(55)42(24)68-46-41(60)43(69-45-40(59)37(56)26(50)15-65-45)33(18(2)67-46)48(3)47(62)66-14-19-8-6-5-7-9-19/h5-13,18,26,33,36-37,40-43,45-46,49-50,55-60H,14-16H2,1-4H3,(H,51,52)/t18-,26-,33+,36+,37+,40-,41-,42+,43+,45+,46+/m1/s1. The first-order valence-corrected chi connectivity index (χ1v) is 21.3. The van der Waals surface area contributed by atoms with E-state index in [4.69, 9.17) is 33.2 Å². The van der Waals surface area contributed by atoms with Crippen molar-refractivity contribution in [2.24, 2.45) is 0 Å². The van der Waals surface area contributed by atoms with Crippen molar-refractivity contribution in [1.29, 1.82) is 0 Å². The molecule has 22 heteroatoms. The Bertz CT molecular complexity index is 2730. The van der Waals surface area contributed by atoms with E-state index in [1.54, 1.807) is 30.3 Å². The highest BCUT2D eigenvalue weighted by atomic mass is 16.7. The van der Waals surface area contributed by atoms with Crippen LogP contribution < -0.4 is 4.74 Å². The van der Waals surface area contributed by atoms with Crippen LogP contribution in [-0.2, 0) is 39.8 Å². The number of carboxylic acid groups (broad SMARTS) is 1. The number of esters is 1. The number of aliphatic carboxylic acids is 1. The summed E-state index contributed by atoms with van der Waals surface area (Å²) in [6.07, 6.45) is -18.4. The molecule has 0 bridgehead atoms. The van der Waals surface area contributed by atoms with E-state index < -0.39 is 161 Å². The van der Waals surface area contributed by atoms with Crippen molar-refractivity contribution in [1.82, 2.24) is 4.90 Å². The molecule has 2 fully saturated rings. The van der Waals surface area contributed by atoms with Crippen molar-refractivity contribution in [3.63, 3.8) is 0 Å². The number of aliphatic hydroxyl groups is 5. The molecule has 0 saturated carbocycles. The molecule has 11 atom stereocenters. The van der Waals surface area contributed by atoms with Crippen molar-refractivity contribution in [2.75, 3.05) is 27.4 Å². The molecule has 4 aromatic carbocycles. The zero-order valence-corrected chi connectivity index (χ0v) is 37.0. The molecule has 4 aliphatic rings. The molecule has 366 valence electrons. The Morgan fingerprint density at radius 3 is 2.13 bits per heavy atom. The SMILES string of the molecule is COc1cc(O)c2c(c1)C(=O)c1c(cc3c(c1O)-c1c(cc(C)c(C(=O)OCC(=O)O)c1O)[C@H](O[C@@H]1O[C@H](C)[C@H](N(C)C(=O)OCc4ccccc4)[C@H](O[C@@H]4OC[C@@H](O)[C@H](O)[C@H]4O)[C@H]1O)[C@H]3O)C2=O. The molecule has 2 aliphatic heterocycles. The Labute approximate surface area is 390 Å². The summed E-state index contributed by atoms with van der Waals surface area (Å²) < 4.78 is 39.8. The van der Waals surface area contributed by atoms with Gasteiger partial charge < -0.3 is 84.0 Å².